The predicted molar refractivity (Wildman–Crippen MR) is 124 cm³/mol. The summed E-state index contributed by atoms with van der Waals surface area (Å²) in [5.74, 6) is 1.15. The number of Topliss-reactive ketones (excluding diaryl/α,β-unsaturated/α-hetero) is 1. The Kier molecular flexibility index (Phi) is 5.47. The molecule has 3 aromatic carbocycles. The van der Waals surface area contributed by atoms with Crippen molar-refractivity contribution in [2.75, 3.05) is 19.6 Å². The number of carbonyl (C=O) groups excluding carboxylic acids is 1. The van der Waals surface area contributed by atoms with Crippen LogP contribution < -0.4 is 0 Å². The number of rotatable bonds is 6. The van der Waals surface area contributed by atoms with Crippen LogP contribution in [0.4, 0.5) is 0 Å². The van der Waals surface area contributed by atoms with E-state index >= 15 is 0 Å². The molecule has 1 aliphatic carbocycles. The molecule has 3 aromatic rings. The number of likely N-dealkylation sites (tertiary alicyclic amines) is 1. The Bertz CT molecular complexity index is 1030. The molecule has 0 spiro atoms. The molecule has 0 bridgehead atoms. The minimum absolute atomic E-state index is 0.178. The molecule has 2 fully saturated rings. The number of carbonyl (C=O) groups is 1. The first-order valence-electron chi connectivity index (χ1n) is 11.3. The van der Waals surface area contributed by atoms with Crippen molar-refractivity contribution in [2.24, 2.45) is 11.8 Å². The molecule has 31 heavy (non-hydrogen) atoms. The smallest absolute Gasteiger partial charge is 0.176 e. The Balaban J connectivity index is 1.20. The fraction of sp³-hybridized carbons (Fsp3) is 0.321. The highest BCUT2D eigenvalue weighted by molar-refractivity contribution is 5.98. The van der Waals surface area contributed by atoms with Gasteiger partial charge in [0, 0.05) is 25.1 Å². The third kappa shape index (κ3) is 4.48. The molecule has 1 N–H and O–H groups in total. The second-order valence-electron chi connectivity index (χ2n) is 9.38. The van der Waals surface area contributed by atoms with Gasteiger partial charge in [-0.05, 0) is 47.4 Å². The first-order valence-corrected chi connectivity index (χ1v) is 11.3. The van der Waals surface area contributed by atoms with Crippen molar-refractivity contribution in [3.05, 3.63) is 96.1 Å². The molecular weight excluding hydrogens is 382 g/mol. The zero-order valence-corrected chi connectivity index (χ0v) is 17.8. The van der Waals surface area contributed by atoms with Crippen LogP contribution in [0.2, 0.25) is 0 Å². The summed E-state index contributed by atoms with van der Waals surface area (Å²) in [5, 5.41) is 11.2. The van der Waals surface area contributed by atoms with E-state index in [1.165, 1.54) is 5.56 Å². The van der Waals surface area contributed by atoms with Gasteiger partial charge in [-0.2, -0.15) is 0 Å². The zero-order chi connectivity index (χ0) is 21.3. The Morgan fingerprint density at radius 1 is 0.839 bits per heavy atom. The van der Waals surface area contributed by atoms with Gasteiger partial charge >= 0.3 is 0 Å². The molecule has 5 rings (SSSR count). The lowest BCUT2D eigenvalue weighted by molar-refractivity contribution is 0.0355. The first-order chi connectivity index (χ1) is 15.1. The quantitative estimate of drug-likeness (QED) is 0.590. The summed E-state index contributed by atoms with van der Waals surface area (Å²) < 4.78 is 0. The van der Waals surface area contributed by atoms with E-state index in [2.05, 4.69) is 35.2 Å². The van der Waals surface area contributed by atoms with Crippen LogP contribution in [0.5, 0.6) is 0 Å². The molecule has 0 aromatic heterocycles. The van der Waals surface area contributed by atoms with Crippen molar-refractivity contribution in [1.82, 2.24) is 4.90 Å². The molecule has 0 radical (unpaired) electrons. The number of benzene rings is 3. The van der Waals surface area contributed by atoms with E-state index in [4.69, 9.17) is 0 Å². The predicted octanol–water partition coefficient (Wildman–Crippen LogP) is 4.85. The van der Waals surface area contributed by atoms with Crippen molar-refractivity contribution < 1.29 is 9.90 Å². The Labute approximate surface area is 184 Å². The van der Waals surface area contributed by atoms with Gasteiger partial charge in [0.05, 0.1) is 12.1 Å². The van der Waals surface area contributed by atoms with Crippen LogP contribution in [0.25, 0.3) is 11.1 Å². The molecule has 158 valence electrons. The normalized spacial score (nSPS) is 25.5. The summed E-state index contributed by atoms with van der Waals surface area (Å²) in [6.45, 7) is 2.28. The minimum Gasteiger partial charge on any atom is -0.390 e. The highest BCUT2D eigenvalue weighted by Crippen LogP contribution is 2.45. The first kappa shape index (κ1) is 20.2. The van der Waals surface area contributed by atoms with Crippen molar-refractivity contribution in [3.8, 4) is 11.1 Å². The molecule has 1 aliphatic heterocycles. The van der Waals surface area contributed by atoms with E-state index in [-0.39, 0.29) is 5.78 Å². The Hall–Kier alpha value is -2.75. The van der Waals surface area contributed by atoms with Crippen LogP contribution in [0.15, 0.2) is 84.9 Å². The van der Waals surface area contributed by atoms with Gasteiger partial charge in [0.1, 0.15) is 0 Å². The molecule has 3 heteroatoms. The van der Waals surface area contributed by atoms with E-state index < -0.39 is 5.60 Å². The van der Waals surface area contributed by atoms with Crippen LogP contribution in [0.3, 0.4) is 0 Å². The average Bonchev–Trinajstić information content (AvgIpc) is 3.28. The maximum atomic E-state index is 13.0. The summed E-state index contributed by atoms with van der Waals surface area (Å²) in [6, 6.07) is 28.4. The molecule has 3 nitrogen and oxygen atoms in total. The van der Waals surface area contributed by atoms with Crippen LogP contribution in [0.1, 0.15) is 28.8 Å². The molecule has 1 saturated heterocycles. The number of hydrogen-bond donors (Lipinski definition) is 1. The van der Waals surface area contributed by atoms with Gasteiger partial charge in [0.15, 0.2) is 5.78 Å². The van der Waals surface area contributed by atoms with E-state index in [1.807, 2.05) is 54.6 Å². The third-order valence-electron chi connectivity index (χ3n) is 6.97. The number of ketones is 1. The van der Waals surface area contributed by atoms with Crippen molar-refractivity contribution in [3.63, 3.8) is 0 Å². The SMILES string of the molecule is O=C(CN1CC2CC(O)(Cc3ccccc3)CC2C1)c1cccc(-c2ccccc2)c1. The summed E-state index contributed by atoms with van der Waals surface area (Å²) in [7, 11) is 0. The lowest BCUT2D eigenvalue weighted by atomic mass is 9.91. The van der Waals surface area contributed by atoms with E-state index in [9.17, 15) is 9.90 Å². The molecule has 1 heterocycles. The largest absolute Gasteiger partial charge is 0.390 e. The van der Waals surface area contributed by atoms with Crippen LogP contribution in [-0.4, -0.2) is 41.0 Å². The highest BCUT2D eigenvalue weighted by atomic mass is 16.3. The molecule has 2 atom stereocenters. The summed E-state index contributed by atoms with van der Waals surface area (Å²) in [5.41, 5.74) is 3.59. The summed E-state index contributed by atoms with van der Waals surface area (Å²) in [6.07, 6.45) is 2.40. The van der Waals surface area contributed by atoms with Gasteiger partial charge in [0.2, 0.25) is 0 Å². The Morgan fingerprint density at radius 3 is 2.13 bits per heavy atom. The molecule has 2 unspecified atom stereocenters. The number of aliphatic hydroxyl groups is 1. The molecule has 1 saturated carbocycles. The van der Waals surface area contributed by atoms with Gasteiger partial charge < -0.3 is 5.11 Å². The maximum absolute atomic E-state index is 13.0. The van der Waals surface area contributed by atoms with Gasteiger partial charge in [0.25, 0.3) is 0 Å². The van der Waals surface area contributed by atoms with Crippen molar-refractivity contribution in [2.45, 2.75) is 24.9 Å². The highest BCUT2D eigenvalue weighted by Gasteiger charge is 2.48. The van der Waals surface area contributed by atoms with E-state index in [0.717, 1.165) is 49.0 Å². The number of hydrogen-bond acceptors (Lipinski definition) is 3. The lowest BCUT2D eigenvalue weighted by Gasteiger charge is -2.26. The average molecular weight is 412 g/mol. The van der Waals surface area contributed by atoms with E-state index in [0.29, 0.717) is 18.4 Å². The monoisotopic (exact) mass is 411 g/mol. The van der Waals surface area contributed by atoms with Crippen LogP contribution in [-0.2, 0) is 6.42 Å². The maximum Gasteiger partial charge on any atom is 0.176 e. The van der Waals surface area contributed by atoms with Gasteiger partial charge in [-0.15, -0.1) is 0 Å². The third-order valence-corrected chi connectivity index (χ3v) is 6.97. The topological polar surface area (TPSA) is 40.5 Å². The second-order valence-corrected chi connectivity index (χ2v) is 9.38. The van der Waals surface area contributed by atoms with Gasteiger partial charge in [-0.25, -0.2) is 0 Å². The molecule has 0 amide bonds. The van der Waals surface area contributed by atoms with Crippen LogP contribution in [0, 0.1) is 11.8 Å². The summed E-state index contributed by atoms with van der Waals surface area (Å²) in [4.78, 5) is 15.3. The number of fused-ring (bicyclic) bond motifs is 1. The van der Waals surface area contributed by atoms with Crippen LogP contribution >= 0.6 is 0 Å². The molecular formula is C28H29NO2. The zero-order valence-electron chi connectivity index (χ0n) is 17.8. The van der Waals surface area contributed by atoms with Gasteiger partial charge in [-0.1, -0.05) is 78.9 Å². The second kappa shape index (κ2) is 8.41. The fourth-order valence-electron chi connectivity index (χ4n) is 5.60. The minimum atomic E-state index is -0.600. The van der Waals surface area contributed by atoms with Gasteiger partial charge in [-0.3, -0.25) is 9.69 Å². The van der Waals surface area contributed by atoms with Crippen molar-refractivity contribution in [1.29, 1.82) is 0 Å². The molecule has 2 aliphatic rings. The standard InChI is InChI=1S/C28H29NO2/c30-27(24-13-7-12-23(14-24)22-10-5-2-6-11-22)20-29-18-25-16-28(31,17-26(25)19-29)15-21-8-3-1-4-9-21/h1-14,25-26,31H,15-20H2. The fourth-order valence-corrected chi connectivity index (χ4v) is 5.60. The lowest BCUT2D eigenvalue weighted by Crippen LogP contribution is -2.34. The summed E-state index contributed by atoms with van der Waals surface area (Å²) >= 11 is 0. The van der Waals surface area contributed by atoms with Crippen molar-refractivity contribution >= 4 is 5.78 Å². The Morgan fingerprint density at radius 2 is 1.45 bits per heavy atom. The van der Waals surface area contributed by atoms with E-state index in [1.54, 1.807) is 0 Å². The number of nitrogens with zero attached hydrogens (tertiary/aromatic N) is 1.